The van der Waals surface area contributed by atoms with Crippen molar-refractivity contribution in [1.82, 2.24) is 24.6 Å². The van der Waals surface area contributed by atoms with Crippen LogP contribution in [0.25, 0.3) is 21.9 Å². The van der Waals surface area contributed by atoms with E-state index in [1.165, 1.54) is 0 Å². The van der Waals surface area contributed by atoms with Gasteiger partial charge >= 0.3 is 12.6 Å². The number of carbonyl (C=O) groups is 1. The minimum absolute atomic E-state index is 0.00435. The Morgan fingerprint density at radius 3 is 2.71 bits per heavy atom. The molecule has 4 aromatic rings. The molecule has 0 radical (unpaired) electrons. The van der Waals surface area contributed by atoms with E-state index in [1.807, 2.05) is 77.3 Å². The summed E-state index contributed by atoms with van der Waals surface area (Å²) in [6.07, 6.45) is 0.534. The number of anilines is 2. The van der Waals surface area contributed by atoms with Crippen molar-refractivity contribution in [3.05, 3.63) is 48.8 Å². The molecule has 5 rings (SSSR count). The zero-order chi connectivity index (χ0) is 32.5. The predicted molar refractivity (Wildman–Crippen MR) is 178 cm³/mol. The van der Waals surface area contributed by atoms with Gasteiger partial charge in [0.25, 0.3) is 0 Å². The Balaban J connectivity index is 1.35. The maximum Gasteiger partial charge on any atom is 0.323 e. The van der Waals surface area contributed by atoms with Crippen molar-refractivity contribution in [3.8, 4) is 5.75 Å². The van der Waals surface area contributed by atoms with E-state index in [1.54, 1.807) is 22.7 Å². The lowest BCUT2D eigenvalue weighted by molar-refractivity contribution is -0.148. The van der Waals surface area contributed by atoms with Crippen LogP contribution in [-0.4, -0.2) is 70.7 Å². The Hall–Kier alpha value is -3.68. The fourth-order valence-electron chi connectivity index (χ4n) is 4.77. The van der Waals surface area contributed by atoms with Gasteiger partial charge in [0.15, 0.2) is 23.2 Å². The number of fused-ring (bicyclic) bond motifs is 2. The Labute approximate surface area is 267 Å². The average molecular weight is 655 g/mol. The van der Waals surface area contributed by atoms with Crippen LogP contribution in [0.5, 0.6) is 5.75 Å². The minimum Gasteiger partial charge on any atom is -0.464 e. The second-order valence-corrected chi connectivity index (χ2v) is 15.5. The maximum atomic E-state index is 12.9. The summed E-state index contributed by atoms with van der Waals surface area (Å²) in [5.74, 6) is 0.711. The van der Waals surface area contributed by atoms with Crippen molar-refractivity contribution in [3.63, 3.8) is 0 Å². The number of nitrogens with zero attached hydrogens (tertiary/aromatic N) is 5. The van der Waals surface area contributed by atoms with Crippen LogP contribution in [0.1, 0.15) is 40.3 Å². The third-order valence-electron chi connectivity index (χ3n) is 6.91. The highest BCUT2D eigenvalue weighted by Crippen LogP contribution is 2.48. The summed E-state index contributed by atoms with van der Waals surface area (Å²) in [5, 5.41) is 13.6. The smallest absolute Gasteiger partial charge is 0.323 e. The van der Waals surface area contributed by atoms with Gasteiger partial charge in [-0.15, -0.1) is 0 Å². The normalized spacial score (nSPS) is 19.0. The van der Waals surface area contributed by atoms with Gasteiger partial charge in [-0.1, -0.05) is 57.2 Å². The minimum atomic E-state index is -3.37. The Morgan fingerprint density at radius 1 is 1.24 bits per heavy atom. The van der Waals surface area contributed by atoms with Crippen molar-refractivity contribution in [2.45, 2.75) is 52.5 Å². The van der Waals surface area contributed by atoms with E-state index in [-0.39, 0.29) is 31.0 Å². The van der Waals surface area contributed by atoms with Crippen LogP contribution in [0.3, 0.4) is 0 Å². The Bertz CT molecular complexity index is 1770. The number of carbonyl (C=O) groups excluding carboxylic acids is 1. The first-order valence-electron chi connectivity index (χ1n) is 14.5. The van der Waals surface area contributed by atoms with E-state index in [0.717, 1.165) is 10.8 Å². The first-order chi connectivity index (χ1) is 21.2. The molecule has 1 saturated heterocycles. The van der Waals surface area contributed by atoms with Gasteiger partial charge in [-0.05, 0) is 35.6 Å². The molecule has 4 N–H and O–H groups in total. The maximum absolute atomic E-state index is 12.9. The van der Waals surface area contributed by atoms with Crippen LogP contribution in [0.15, 0.2) is 48.8 Å². The number of hydrogen-bond donors (Lipinski definition) is 3. The molecule has 0 saturated carbocycles. The van der Waals surface area contributed by atoms with Crippen LogP contribution < -0.4 is 20.2 Å². The SMILES string of the molecule is C[C@H](NP(=S)(OC[C@@H]1CC(=N)[C@H](n2cnc3c(N(C)C)nc(N)nc32)O1)Oc1cccc2ccccc12)C(=O)OCC(C)(C)C. The van der Waals surface area contributed by atoms with Gasteiger partial charge in [0.2, 0.25) is 5.95 Å². The molecule has 13 nitrogen and oxygen atoms in total. The van der Waals surface area contributed by atoms with Crippen LogP contribution in [0.2, 0.25) is 0 Å². The number of imidazole rings is 1. The number of nitrogens with one attached hydrogen (secondary N) is 2. The average Bonchev–Trinajstić information content (AvgIpc) is 3.56. The molecule has 1 aliphatic heterocycles. The largest absolute Gasteiger partial charge is 0.464 e. The summed E-state index contributed by atoms with van der Waals surface area (Å²) in [4.78, 5) is 27.8. The van der Waals surface area contributed by atoms with Crippen molar-refractivity contribution in [1.29, 1.82) is 5.41 Å². The molecule has 3 heterocycles. The highest BCUT2D eigenvalue weighted by molar-refractivity contribution is 8.09. The lowest BCUT2D eigenvalue weighted by Gasteiger charge is -2.28. The van der Waals surface area contributed by atoms with Crippen molar-refractivity contribution >= 4 is 63.8 Å². The predicted octanol–water partition coefficient (Wildman–Crippen LogP) is 4.82. The zero-order valence-corrected chi connectivity index (χ0v) is 27.9. The summed E-state index contributed by atoms with van der Waals surface area (Å²) in [5.41, 5.74) is 7.09. The van der Waals surface area contributed by atoms with E-state index in [9.17, 15) is 4.79 Å². The number of nitrogens with two attached hydrogens (primary N) is 1. The zero-order valence-electron chi connectivity index (χ0n) is 26.2. The molecule has 0 aliphatic carbocycles. The Kier molecular flexibility index (Phi) is 9.43. The van der Waals surface area contributed by atoms with Gasteiger partial charge in [0.1, 0.15) is 11.8 Å². The molecular formula is C30H39N8O5PS. The molecule has 1 unspecified atom stereocenters. The summed E-state index contributed by atoms with van der Waals surface area (Å²) < 4.78 is 26.1. The summed E-state index contributed by atoms with van der Waals surface area (Å²) in [6.45, 7) is 4.51. The lowest BCUT2D eigenvalue weighted by atomic mass is 9.99. The number of nitrogen functional groups attached to an aromatic ring is 1. The van der Waals surface area contributed by atoms with Gasteiger partial charge in [0.05, 0.1) is 31.4 Å². The topological polar surface area (TPSA) is 163 Å². The fourth-order valence-corrected chi connectivity index (χ4v) is 7.21. The molecular weight excluding hydrogens is 615 g/mol. The van der Waals surface area contributed by atoms with E-state index < -0.39 is 31.0 Å². The van der Waals surface area contributed by atoms with Crippen molar-refractivity contribution < 1.29 is 23.3 Å². The molecule has 4 atom stereocenters. The van der Waals surface area contributed by atoms with E-state index in [2.05, 4.69) is 20.0 Å². The van der Waals surface area contributed by atoms with Gasteiger partial charge in [-0.25, -0.2) is 10.1 Å². The molecule has 1 aliphatic rings. The van der Waals surface area contributed by atoms with Crippen LogP contribution in [-0.2, 0) is 30.6 Å². The highest BCUT2D eigenvalue weighted by atomic mass is 32.5. The second kappa shape index (κ2) is 13.0. The van der Waals surface area contributed by atoms with E-state index in [4.69, 9.17) is 41.5 Å². The number of hydrogen-bond acceptors (Lipinski definition) is 12. The van der Waals surface area contributed by atoms with Crippen molar-refractivity contribution in [2.75, 3.05) is 37.9 Å². The molecule has 0 spiro atoms. The standard InChI is InChI=1S/C30H39N8O5PS/c1-18(28(39)40-16-30(2,3)4)36-44(45,43-23-13-9-11-19-10-7-8-12-21(19)23)41-15-20-14-22(31)27(42-20)38-17-33-24-25(37(5)6)34-29(32)35-26(24)38/h7-13,17-18,20,27,31H,14-16H2,1-6H3,(H,36,45)(H2,32,34,35)/t18-,20-,27+,44?/m0/s1. The summed E-state index contributed by atoms with van der Waals surface area (Å²) in [6, 6.07) is 12.6. The van der Waals surface area contributed by atoms with Crippen LogP contribution in [0.4, 0.5) is 11.8 Å². The first kappa shape index (κ1) is 32.7. The molecule has 0 amide bonds. The van der Waals surface area contributed by atoms with E-state index >= 15 is 0 Å². The van der Waals surface area contributed by atoms with Crippen LogP contribution in [0, 0.1) is 10.8 Å². The molecule has 0 bridgehead atoms. The highest BCUT2D eigenvalue weighted by Gasteiger charge is 2.36. The number of aromatic nitrogens is 4. The van der Waals surface area contributed by atoms with Gasteiger partial charge in [-0.2, -0.15) is 9.97 Å². The lowest BCUT2D eigenvalue weighted by Crippen LogP contribution is -2.36. The number of benzene rings is 2. The molecule has 45 heavy (non-hydrogen) atoms. The third-order valence-corrected chi connectivity index (χ3v) is 9.40. The van der Waals surface area contributed by atoms with Gasteiger partial charge < -0.3 is 34.6 Å². The van der Waals surface area contributed by atoms with E-state index in [0.29, 0.717) is 28.4 Å². The molecule has 240 valence electrons. The molecule has 1 fully saturated rings. The number of esters is 1. The quantitative estimate of drug-likeness (QED) is 0.150. The van der Waals surface area contributed by atoms with Gasteiger partial charge in [-0.3, -0.25) is 9.36 Å². The molecule has 2 aromatic carbocycles. The Morgan fingerprint density at radius 2 is 1.98 bits per heavy atom. The fraction of sp³-hybridized carbons (Fsp3) is 0.433. The number of rotatable bonds is 11. The summed E-state index contributed by atoms with van der Waals surface area (Å²) in [7, 11) is 3.68. The monoisotopic (exact) mass is 654 g/mol. The first-order valence-corrected chi connectivity index (χ1v) is 17.1. The number of ether oxygens (including phenoxy) is 2. The van der Waals surface area contributed by atoms with Crippen LogP contribution >= 0.6 is 6.64 Å². The molecule has 2 aromatic heterocycles. The molecule has 15 heteroatoms. The third kappa shape index (κ3) is 7.59. The summed E-state index contributed by atoms with van der Waals surface area (Å²) >= 11 is 5.98. The second-order valence-electron chi connectivity index (χ2n) is 12.3. The van der Waals surface area contributed by atoms with Gasteiger partial charge in [0, 0.05) is 25.9 Å². The van der Waals surface area contributed by atoms with Crippen molar-refractivity contribution in [2.24, 2.45) is 5.41 Å².